The molecule has 0 aliphatic carbocycles. The molecule has 0 aromatic heterocycles. The number of halogens is 2. The molecule has 15 heavy (non-hydrogen) atoms. The number of hydrogen-bond acceptors (Lipinski definition) is 1. The molecule has 1 atom stereocenters. The largest absolute Gasteiger partial charge is 0.355 e. The van der Waals surface area contributed by atoms with Crippen LogP contribution in [0.15, 0.2) is 18.2 Å². The molecule has 80 valence electrons. The van der Waals surface area contributed by atoms with Gasteiger partial charge in [0.25, 0.3) is 0 Å². The van der Waals surface area contributed by atoms with Crippen LogP contribution in [0.3, 0.4) is 0 Å². The van der Waals surface area contributed by atoms with Gasteiger partial charge < -0.3 is 5.32 Å². The van der Waals surface area contributed by atoms with Gasteiger partial charge in [0.1, 0.15) is 0 Å². The summed E-state index contributed by atoms with van der Waals surface area (Å²) in [5.74, 6) is 0.0866. The minimum absolute atomic E-state index is 0.0866. The fourth-order valence-electron chi connectivity index (χ4n) is 1.85. The van der Waals surface area contributed by atoms with Crippen molar-refractivity contribution in [3.05, 3.63) is 33.8 Å². The normalized spacial score (nSPS) is 25.4. The molecule has 1 aliphatic rings. The van der Waals surface area contributed by atoms with E-state index in [9.17, 15) is 4.79 Å². The molecule has 1 unspecified atom stereocenters. The quantitative estimate of drug-likeness (QED) is 0.808. The molecule has 2 rings (SSSR count). The van der Waals surface area contributed by atoms with Crippen molar-refractivity contribution in [1.29, 1.82) is 0 Å². The van der Waals surface area contributed by atoms with Crippen molar-refractivity contribution in [2.75, 3.05) is 6.54 Å². The summed E-state index contributed by atoms with van der Waals surface area (Å²) in [5, 5.41) is 3.91. The van der Waals surface area contributed by atoms with Crippen LogP contribution in [0.1, 0.15) is 18.9 Å². The Balaban J connectivity index is 2.37. The first-order valence-electron chi connectivity index (χ1n) is 4.73. The van der Waals surface area contributed by atoms with E-state index in [4.69, 9.17) is 23.2 Å². The summed E-state index contributed by atoms with van der Waals surface area (Å²) in [6.07, 6.45) is 0.505. The minimum Gasteiger partial charge on any atom is -0.355 e. The summed E-state index contributed by atoms with van der Waals surface area (Å²) >= 11 is 11.8. The molecule has 0 bridgehead atoms. The van der Waals surface area contributed by atoms with Crippen molar-refractivity contribution in [2.45, 2.75) is 18.8 Å². The van der Waals surface area contributed by atoms with E-state index in [1.54, 1.807) is 6.07 Å². The van der Waals surface area contributed by atoms with E-state index in [0.717, 1.165) is 5.56 Å². The van der Waals surface area contributed by atoms with Crippen LogP contribution in [-0.4, -0.2) is 12.5 Å². The molecule has 0 saturated carbocycles. The topological polar surface area (TPSA) is 29.1 Å². The van der Waals surface area contributed by atoms with Gasteiger partial charge in [-0.2, -0.15) is 0 Å². The molecule has 1 fully saturated rings. The van der Waals surface area contributed by atoms with Gasteiger partial charge in [0, 0.05) is 18.4 Å². The first-order chi connectivity index (χ1) is 7.01. The molecular formula is C11H11Cl2NO. The van der Waals surface area contributed by atoms with Crippen LogP contribution in [-0.2, 0) is 10.2 Å². The first kappa shape index (κ1) is 10.8. The zero-order valence-electron chi connectivity index (χ0n) is 8.31. The van der Waals surface area contributed by atoms with Crippen LogP contribution in [0.2, 0.25) is 10.0 Å². The van der Waals surface area contributed by atoms with Crippen LogP contribution >= 0.6 is 23.2 Å². The van der Waals surface area contributed by atoms with Gasteiger partial charge >= 0.3 is 0 Å². The van der Waals surface area contributed by atoms with Gasteiger partial charge in [0.15, 0.2) is 0 Å². The van der Waals surface area contributed by atoms with E-state index < -0.39 is 0 Å². The lowest BCUT2D eigenvalue weighted by molar-refractivity contribution is -0.119. The summed E-state index contributed by atoms with van der Waals surface area (Å²) < 4.78 is 0. The first-order valence-corrected chi connectivity index (χ1v) is 5.49. The minimum atomic E-state index is -0.161. The number of nitrogens with one attached hydrogen (secondary N) is 1. The van der Waals surface area contributed by atoms with Crippen molar-refractivity contribution in [3.8, 4) is 0 Å². The average molecular weight is 244 g/mol. The highest BCUT2D eigenvalue weighted by Gasteiger charge is 2.35. The number of carbonyl (C=O) groups excluding carboxylic acids is 1. The number of hydrogen-bond donors (Lipinski definition) is 1. The molecular weight excluding hydrogens is 233 g/mol. The van der Waals surface area contributed by atoms with E-state index in [1.165, 1.54) is 0 Å². The molecule has 0 radical (unpaired) electrons. The molecule has 0 spiro atoms. The fourth-order valence-corrected chi connectivity index (χ4v) is 2.15. The Morgan fingerprint density at radius 3 is 2.60 bits per heavy atom. The lowest BCUT2D eigenvalue weighted by atomic mass is 9.82. The van der Waals surface area contributed by atoms with E-state index in [2.05, 4.69) is 5.32 Å². The molecule has 1 heterocycles. The SMILES string of the molecule is CC1(c2ccc(Cl)c(Cl)c2)CNC(=O)C1. The van der Waals surface area contributed by atoms with Gasteiger partial charge in [-0.25, -0.2) is 0 Å². The smallest absolute Gasteiger partial charge is 0.220 e. The van der Waals surface area contributed by atoms with Crippen molar-refractivity contribution in [3.63, 3.8) is 0 Å². The van der Waals surface area contributed by atoms with E-state index in [-0.39, 0.29) is 11.3 Å². The maximum absolute atomic E-state index is 11.2. The third-order valence-corrected chi connectivity index (χ3v) is 3.58. The monoisotopic (exact) mass is 243 g/mol. The number of benzene rings is 1. The maximum Gasteiger partial charge on any atom is 0.220 e. The molecule has 1 amide bonds. The Kier molecular flexibility index (Phi) is 2.65. The molecule has 4 heteroatoms. The maximum atomic E-state index is 11.2. The summed E-state index contributed by atoms with van der Waals surface area (Å²) in [4.78, 5) is 11.2. The van der Waals surface area contributed by atoms with Gasteiger partial charge in [-0.05, 0) is 17.7 Å². The Morgan fingerprint density at radius 1 is 1.33 bits per heavy atom. The molecule has 1 saturated heterocycles. The second-order valence-electron chi connectivity index (χ2n) is 4.14. The van der Waals surface area contributed by atoms with Crippen molar-refractivity contribution >= 4 is 29.1 Å². The number of carbonyl (C=O) groups is 1. The number of amides is 1. The highest BCUT2D eigenvalue weighted by molar-refractivity contribution is 6.42. The van der Waals surface area contributed by atoms with Gasteiger partial charge in [0.2, 0.25) is 5.91 Å². The highest BCUT2D eigenvalue weighted by Crippen LogP contribution is 2.34. The Labute approximate surface area is 98.6 Å². The highest BCUT2D eigenvalue weighted by atomic mass is 35.5. The van der Waals surface area contributed by atoms with Gasteiger partial charge in [-0.1, -0.05) is 36.2 Å². The van der Waals surface area contributed by atoms with Crippen LogP contribution in [0, 0.1) is 0 Å². The summed E-state index contributed by atoms with van der Waals surface area (Å²) in [6, 6.07) is 5.53. The Hall–Kier alpha value is -0.730. The second-order valence-corrected chi connectivity index (χ2v) is 4.96. The third-order valence-electron chi connectivity index (χ3n) is 2.84. The molecule has 1 aromatic carbocycles. The lowest BCUT2D eigenvalue weighted by Crippen LogP contribution is -2.24. The van der Waals surface area contributed by atoms with Gasteiger partial charge in [0.05, 0.1) is 10.0 Å². The molecule has 1 N–H and O–H groups in total. The zero-order valence-corrected chi connectivity index (χ0v) is 9.82. The summed E-state index contributed by atoms with van der Waals surface area (Å²) in [7, 11) is 0. The van der Waals surface area contributed by atoms with Crippen LogP contribution in [0.4, 0.5) is 0 Å². The second kappa shape index (κ2) is 3.69. The predicted octanol–water partition coefficient (Wildman–Crippen LogP) is 2.77. The van der Waals surface area contributed by atoms with Gasteiger partial charge in [-0.15, -0.1) is 0 Å². The van der Waals surface area contributed by atoms with Gasteiger partial charge in [-0.3, -0.25) is 4.79 Å². The molecule has 1 aromatic rings. The third kappa shape index (κ3) is 1.97. The van der Waals surface area contributed by atoms with Crippen molar-refractivity contribution in [1.82, 2.24) is 5.32 Å². The fraction of sp³-hybridized carbons (Fsp3) is 0.364. The molecule has 1 aliphatic heterocycles. The van der Waals surface area contributed by atoms with Crippen LogP contribution in [0.5, 0.6) is 0 Å². The Bertz CT molecular complexity index is 419. The Morgan fingerprint density at radius 2 is 2.07 bits per heavy atom. The van der Waals surface area contributed by atoms with E-state index in [0.29, 0.717) is 23.0 Å². The summed E-state index contributed by atoms with van der Waals surface area (Å²) in [6.45, 7) is 2.70. The number of rotatable bonds is 1. The molecule has 2 nitrogen and oxygen atoms in total. The van der Waals surface area contributed by atoms with Crippen molar-refractivity contribution < 1.29 is 4.79 Å². The van der Waals surface area contributed by atoms with E-state index in [1.807, 2.05) is 19.1 Å². The van der Waals surface area contributed by atoms with Crippen molar-refractivity contribution in [2.24, 2.45) is 0 Å². The van der Waals surface area contributed by atoms with Crippen LogP contribution < -0.4 is 5.32 Å². The standard InChI is InChI=1S/C11H11Cl2NO/c1-11(5-10(15)14-6-11)7-2-3-8(12)9(13)4-7/h2-4H,5-6H2,1H3,(H,14,15). The lowest BCUT2D eigenvalue weighted by Gasteiger charge is -2.22. The summed E-state index contributed by atoms with van der Waals surface area (Å²) in [5.41, 5.74) is 0.890. The average Bonchev–Trinajstić information content (AvgIpc) is 2.52. The zero-order chi connectivity index (χ0) is 11.1. The van der Waals surface area contributed by atoms with Crippen LogP contribution in [0.25, 0.3) is 0 Å². The predicted molar refractivity (Wildman–Crippen MR) is 61.4 cm³/mol. The van der Waals surface area contributed by atoms with E-state index >= 15 is 0 Å².